The van der Waals surface area contributed by atoms with Gasteiger partial charge in [0.25, 0.3) is 0 Å². The summed E-state index contributed by atoms with van der Waals surface area (Å²) in [5.74, 6) is 0.774. The molecule has 1 amide bonds. The van der Waals surface area contributed by atoms with Crippen LogP contribution in [0.3, 0.4) is 0 Å². The Morgan fingerprint density at radius 1 is 1.00 bits per heavy atom. The average Bonchev–Trinajstić information content (AvgIpc) is 3.19. The Hall–Kier alpha value is -2.99. The van der Waals surface area contributed by atoms with E-state index >= 15 is 0 Å². The van der Waals surface area contributed by atoms with Gasteiger partial charge in [0.1, 0.15) is 0 Å². The SMILES string of the molecule is O=C(CCC(=O)c1ccccc1Cl)NCCCc1nc(-c2ccccc2)no1. The van der Waals surface area contributed by atoms with Crippen LogP contribution in [-0.2, 0) is 11.2 Å². The fourth-order valence-corrected chi connectivity index (χ4v) is 2.91. The van der Waals surface area contributed by atoms with Crippen molar-refractivity contribution >= 4 is 23.3 Å². The Kier molecular flexibility index (Phi) is 6.92. The Morgan fingerprint density at radius 2 is 1.75 bits per heavy atom. The highest BCUT2D eigenvalue weighted by Crippen LogP contribution is 2.17. The number of carbonyl (C=O) groups excluding carboxylic acids is 2. The molecule has 0 bridgehead atoms. The number of amides is 1. The van der Waals surface area contributed by atoms with Gasteiger partial charge in [-0.2, -0.15) is 4.98 Å². The average molecular weight is 398 g/mol. The lowest BCUT2D eigenvalue weighted by Crippen LogP contribution is -2.25. The van der Waals surface area contributed by atoms with Crippen LogP contribution in [0, 0.1) is 0 Å². The highest BCUT2D eigenvalue weighted by Gasteiger charge is 2.12. The van der Waals surface area contributed by atoms with Gasteiger partial charge >= 0.3 is 0 Å². The maximum absolute atomic E-state index is 12.1. The van der Waals surface area contributed by atoms with Gasteiger partial charge in [0.15, 0.2) is 5.78 Å². The van der Waals surface area contributed by atoms with Crippen molar-refractivity contribution < 1.29 is 14.1 Å². The molecule has 3 aromatic rings. The molecule has 0 aliphatic carbocycles. The molecule has 3 rings (SSSR count). The summed E-state index contributed by atoms with van der Waals surface area (Å²) in [4.78, 5) is 28.4. The van der Waals surface area contributed by atoms with Crippen LogP contribution < -0.4 is 5.32 Å². The quantitative estimate of drug-likeness (QED) is 0.434. The van der Waals surface area contributed by atoms with Gasteiger partial charge < -0.3 is 9.84 Å². The Labute approximate surface area is 167 Å². The van der Waals surface area contributed by atoms with Crippen molar-refractivity contribution in [3.63, 3.8) is 0 Å². The monoisotopic (exact) mass is 397 g/mol. The lowest BCUT2D eigenvalue weighted by Gasteiger charge is -2.05. The van der Waals surface area contributed by atoms with Crippen molar-refractivity contribution in [2.75, 3.05) is 6.54 Å². The summed E-state index contributed by atoms with van der Waals surface area (Å²) in [6, 6.07) is 16.4. The number of rotatable bonds is 9. The standard InChI is InChI=1S/C21H20ClN3O3/c22-17-10-5-4-9-16(17)18(26)12-13-19(27)23-14-6-11-20-24-21(25-28-20)15-7-2-1-3-8-15/h1-5,7-10H,6,11-14H2,(H,23,27). The molecule has 6 nitrogen and oxygen atoms in total. The maximum Gasteiger partial charge on any atom is 0.227 e. The third kappa shape index (κ3) is 5.50. The molecule has 0 fully saturated rings. The number of benzene rings is 2. The summed E-state index contributed by atoms with van der Waals surface area (Å²) in [7, 11) is 0. The molecular weight excluding hydrogens is 378 g/mol. The summed E-state index contributed by atoms with van der Waals surface area (Å²) in [6.07, 6.45) is 1.49. The lowest BCUT2D eigenvalue weighted by molar-refractivity contribution is -0.121. The van der Waals surface area contributed by atoms with E-state index in [-0.39, 0.29) is 24.5 Å². The fourth-order valence-electron chi connectivity index (χ4n) is 2.67. The summed E-state index contributed by atoms with van der Waals surface area (Å²) < 4.78 is 5.23. The van der Waals surface area contributed by atoms with E-state index < -0.39 is 0 Å². The molecule has 0 saturated carbocycles. The van der Waals surface area contributed by atoms with Crippen LogP contribution in [0.2, 0.25) is 5.02 Å². The first kappa shape index (κ1) is 19.8. The van der Waals surface area contributed by atoms with Crippen LogP contribution in [0.1, 0.15) is 35.5 Å². The highest BCUT2D eigenvalue weighted by molar-refractivity contribution is 6.34. The predicted molar refractivity (Wildman–Crippen MR) is 106 cm³/mol. The Morgan fingerprint density at radius 3 is 2.54 bits per heavy atom. The van der Waals surface area contributed by atoms with Crippen molar-refractivity contribution in [2.45, 2.75) is 25.7 Å². The number of nitrogens with one attached hydrogen (secondary N) is 1. The summed E-state index contributed by atoms with van der Waals surface area (Å²) >= 11 is 5.99. The van der Waals surface area contributed by atoms with Gasteiger partial charge in [-0.15, -0.1) is 0 Å². The van der Waals surface area contributed by atoms with Gasteiger partial charge in [-0.3, -0.25) is 9.59 Å². The van der Waals surface area contributed by atoms with Gasteiger partial charge in [0.05, 0.1) is 5.02 Å². The molecule has 7 heteroatoms. The molecule has 0 unspecified atom stereocenters. The van der Waals surface area contributed by atoms with Crippen molar-refractivity contribution in [1.82, 2.24) is 15.5 Å². The molecular formula is C21H20ClN3O3. The summed E-state index contributed by atoms with van der Waals surface area (Å²) in [6.45, 7) is 0.474. The van der Waals surface area contributed by atoms with E-state index in [1.54, 1.807) is 24.3 Å². The molecule has 1 heterocycles. The van der Waals surface area contributed by atoms with Gasteiger partial charge in [0, 0.05) is 36.9 Å². The summed E-state index contributed by atoms with van der Waals surface area (Å²) in [5, 5.41) is 7.17. The van der Waals surface area contributed by atoms with Gasteiger partial charge in [-0.1, -0.05) is 59.2 Å². The lowest BCUT2D eigenvalue weighted by atomic mass is 10.1. The van der Waals surface area contributed by atoms with Crippen molar-refractivity contribution in [1.29, 1.82) is 0 Å². The van der Waals surface area contributed by atoms with Gasteiger partial charge in [-0.25, -0.2) is 0 Å². The molecule has 1 aromatic heterocycles. The number of aryl methyl sites for hydroxylation is 1. The highest BCUT2D eigenvalue weighted by atomic mass is 35.5. The second-order valence-corrected chi connectivity index (χ2v) is 6.64. The first-order valence-corrected chi connectivity index (χ1v) is 9.43. The molecule has 0 saturated heterocycles. The van der Waals surface area contributed by atoms with Crippen LogP contribution >= 0.6 is 11.6 Å². The smallest absolute Gasteiger partial charge is 0.227 e. The molecule has 0 spiro atoms. The van der Waals surface area contributed by atoms with Crippen LogP contribution in [0.25, 0.3) is 11.4 Å². The largest absolute Gasteiger partial charge is 0.356 e. The predicted octanol–water partition coefficient (Wildman–Crippen LogP) is 4.10. The first-order chi connectivity index (χ1) is 13.6. The van der Waals surface area contributed by atoms with E-state index in [9.17, 15) is 9.59 Å². The van der Waals surface area contributed by atoms with Crippen LogP contribution in [0.5, 0.6) is 0 Å². The van der Waals surface area contributed by atoms with Gasteiger partial charge in [0.2, 0.25) is 17.6 Å². The van der Waals surface area contributed by atoms with Crippen LogP contribution in [-0.4, -0.2) is 28.4 Å². The first-order valence-electron chi connectivity index (χ1n) is 9.06. The topological polar surface area (TPSA) is 85.1 Å². The zero-order valence-electron chi connectivity index (χ0n) is 15.2. The van der Waals surface area contributed by atoms with E-state index in [4.69, 9.17) is 16.1 Å². The Bertz CT molecular complexity index is 941. The van der Waals surface area contributed by atoms with E-state index in [0.717, 1.165) is 5.56 Å². The molecule has 1 N–H and O–H groups in total. The third-order valence-electron chi connectivity index (χ3n) is 4.14. The molecule has 0 radical (unpaired) electrons. The Balaban J connectivity index is 1.36. The number of halogens is 1. The molecule has 0 aliphatic heterocycles. The fraction of sp³-hybridized carbons (Fsp3) is 0.238. The van der Waals surface area contributed by atoms with E-state index in [0.29, 0.717) is 41.7 Å². The number of Topliss-reactive ketones (excluding diaryl/α,β-unsaturated/α-hetero) is 1. The molecule has 144 valence electrons. The molecule has 0 atom stereocenters. The second kappa shape index (κ2) is 9.80. The van der Waals surface area contributed by atoms with Crippen LogP contribution in [0.4, 0.5) is 0 Å². The summed E-state index contributed by atoms with van der Waals surface area (Å²) in [5.41, 5.74) is 1.34. The number of hydrogen-bond donors (Lipinski definition) is 1. The van der Waals surface area contributed by atoms with E-state index in [2.05, 4.69) is 15.5 Å². The van der Waals surface area contributed by atoms with Crippen LogP contribution in [0.15, 0.2) is 59.1 Å². The second-order valence-electron chi connectivity index (χ2n) is 6.23. The minimum atomic E-state index is -0.170. The number of aromatic nitrogens is 2. The van der Waals surface area contributed by atoms with E-state index in [1.807, 2.05) is 30.3 Å². The number of ketones is 1. The van der Waals surface area contributed by atoms with Crippen molar-refractivity contribution in [3.8, 4) is 11.4 Å². The zero-order chi connectivity index (χ0) is 19.8. The molecule has 0 aliphatic rings. The third-order valence-corrected chi connectivity index (χ3v) is 4.47. The number of nitrogens with zero attached hydrogens (tertiary/aromatic N) is 2. The van der Waals surface area contributed by atoms with Crippen molar-refractivity contribution in [3.05, 3.63) is 71.1 Å². The minimum Gasteiger partial charge on any atom is -0.356 e. The van der Waals surface area contributed by atoms with E-state index in [1.165, 1.54) is 0 Å². The van der Waals surface area contributed by atoms with Crippen molar-refractivity contribution in [2.24, 2.45) is 0 Å². The minimum absolute atomic E-state index is 0.125. The molecule has 28 heavy (non-hydrogen) atoms. The zero-order valence-corrected chi connectivity index (χ0v) is 16.0. The number of carbonyl (C=O) groups is 2. The maximum atomic E-state index is 12.1. The normalized spacial score (nSPS) is 10.6. The molecule has 2 aromatic carbocycles. The number of hydrogen-bond acceptors (Lipinski definition) is 5. The van der Waals surface area contributed by atoms with Gasteiger partial charge in [-0.05, 0) is 18.6 Å².